The Kier molecular flexibility index (Phi) is 5.32. The van der Waals surface area contributed by atoms with Gasteiger partial charge in [-0.2, -0.15) is 0 Å². The summed E-state index contributed by atoms with van der Waals surface area (Å²) in [5, 5.41) is 1.16. The fraction of sp³-hybridized carbons (Fsp3) is 0.375. The topological polar surface area (TPSA) is 82.3 Å². The van der Waals surface area contributed by atoms with E-state index in [-0.39, 0.29) is 18.9 Å². The molecule has 2 N–H and O–H groups in total. The third-order valence-corrected chi connectivity index (χ3v) is 7.96. The maximum atomic E-state index is 12.8. The van der Waals surface area contributed by atoms with E-state index >= 15 is 0 Å². The minimum atomic E-state index is -3.61. The van der Waals surface area contributed by atoms with Gasteiger partial charge < -0.3 is 9.88 Å². The van der Waals surface area contributed by atoms with Crippen LogP contribution in [0, 0.1) is 0 Å². The number of aryl methyl sites for hydroxylation is 2. The lowest BCUT2D eigenvalue weighted by Crippen LogP contribution is -2.37. The number of carbonyl (C=O) groups is 1. The van der Waals surface area contributed by atoms with Crippen LogP contribution in [-0.4, -0.2) is 37.3 Å². The van der Waals surface area contributed by atoms with E-state index in [2.05, 4.69) is 21.8 Å². The number of nitrogens with zero attached hydrogens (tertiary/aromatic N) is 1. The molecule has 0 atom stereocenters. The number of fused-ring (bicyclic) bond motifs is 4. The number of amides is 1. The number of hydrogen-bond donors (Lipinski definition) is 2. The fourth-order valence-corrected chi connectivity index (χ4v) is 5.87. The van der Waals surface area contributed by atoms with Gasteiger partial charge in [-0.3, -0.25) is 4.79 Å². The Hall–Kier alpha value is -2.64. The highest BCUT2D eigenvalue weighted by molar-refractivity contribution is 7.89. The number of aromatic amines is 1. The summed E-state index contributed by atoms with van der Waals surface area (Å²) in [5.41, 5.74) is 5.85. The highest BCUT2D eigenvalue weighted by atomic mass is 32.2. The number of nitrogens with one attached hydrogen (secondary N) is 2. The second-order valence-electron chi connectivity index (χ2n) is 8.48. The van der Waals surface area contributed by atoms with Gasteiger partial charge in [-0.25, -0.2) is 13.1 Å². The number of aromatic nitrogens is 1. The third-order valence-electron chi connectivity index (χ3n) is 6.50. The summed E-state index contributed by atoms with van der Waals surface area (Å²) in [6, 6.07) is 13.5. The molecule has 1 aliphatic heterocycles. The first-order valence-corrected chi connectivity index (χ1v) is 12.5. The van der Waals surface area contributed by atoms with E-state index in [9.17, 15) is 13.2 Å². The quantitative estimate of drug-likeness (QED) is 0.643. The van der Waals surface area contributed by atoms with Crippen LogP contribution in [0.2, 0.25) is 0 Å². The van der Waals surface area contributed by atoms with Crippen molar-refractivity contribution in [2.75, 3.05) is 13.1 Å². The van der Waals surface area contributed by atoms with E-state index in [4.69, 9.17) is 0 Å². The van der Waals surface area contributed by atoms with Gasteiger partial charge in [-0.05, 0) is 55.0 Å². The molecule has 0 fully saturated rings. The van der Waals surface area contributed by atoms with Gasteiger partial charge in [0.05, 0.1) is 4.90 Å². The zero-order chi connectivity index (χ0) is 21.4. The number of H-pyrrole nitrogens is 1. The summed E-state index contributed by atoms with van der Waals surface area (Å²) in [6.45, 7) is 1.32. The summed E-state index contributed by atoms with van der Waals surface area (Å²) in [7, 11) is -3.61. The van der Waals surface area contributed by atoms with Gasteiger partial charge in [0.15, 0.2) is 0 Å². The number of benzene rings is 2. The van der Waals surface area contributed by atoms with Crippen molar-refractivity contribution in [2.45, 2.75) is 50.0 Å². The van der Waals surface area contributed by atoms with Crippen LogP contribution >= 0.6 is 0 Å². The monoisotopic (exact) mass is 437 g/mol. The molecule has 5 rings (SSSR count). The summed E-state index contributed by atoms with van der Waals surface area (Å²) in [5.74, 6) is -0.0240. The summed E-state index contributed by atoms with van der Waals surface area (Å²) in [4.78, 5) is 18.3. The standard InChI is InChI=1S/C24H27N3O3S/c28-24(27-14-12-23-21(16-27)20-7-3-4-8-22(20)26-23)11-13-25-31(29,30)19-10-9-17-5-1-2-6-18(17)15-19/h3-4,7-10,15,25-26H,1-2,5-6,11-14,16H2. The van der Waals surface area contributed by atoms with E-state index in [1.165, 1.54) is 16.8 Å². The molecule has 162 valence electrons. The molecule has 1 aliphatic carbocycles. The number of rotatable bonds is 5. The second kappa shape index (κ2) is 8.13. The van der Waals surface area contributed by atoms with Crippen molar-refractivity contribution in [2.24, 2.45) is 0 Å². The largest absolute Gasteiger partial charge is 0.358 e. The lowest BCUT2D eigenvalue weighted by atomic mass is 9.92. The smallest absolute Gasteiger partial charge is 0.240 e. The summed E-state index contributed by atoms with van der Waals surface area (Å²) in [6.07, 6.45) is 5.16. The number of carbonyl (C=O) groups excluding carboxylic acids is 1. The van der Waals surface area contributed by atoms with Crippen LogP contribution in [0.4, 0.5) is 0 Å². The molecule has 1 amide bonds. The van der Waals surface area contributed by atoms with Crippen LogP contribution in [0.5, 0.6) is 0 Å². The number of sulfonamides is 1. The van der Waals surface area contributed by atoms with E-state index in [0.29, 0.717) is 18.0 Å². The molecule has 2 aromatic carbocycles. The molecule has 0 bridgehead atoms. The molecule has 2 heterocycles. The highest BCUT2D eigenvalue weighted by Crippen LogP contribution is 2.28. The van der Waals surface area contributed by atoms with Gasteiger partial charge in [0.1, 0.15) is 0 Å². The molecule has 0 saturated heterocycles. The van der Waals surface area contributed by atoms with Crippen molar-refractivity contribution >= 4 is 26.8 Å². The van der Waals surface area contributed by atoms with Gasteiger partial charge in [0, 0.05) is 54.6 Å². The first-order valence-electron chi connectivity index (χ1n) is 11.0. The SMILES string of the molecule is O=C(CCNS(=O)(=O)c1ccc2c(c1)CCCC2)N1CCc2[nH]c3ccccc3c2C1. The predicted octanol–water partition coefficient (Wildman–Crippen LogP) is 3.30. The minimum absolute atomic E-state index is 0.0240. The van der Waals surface area contributed by atoms with Gasteiger partial charge >= 0.3 is 0 Å². The molecule has 6 nitrogen and oxygen atoms in total. The van der Waals surface area contributed by atoms with Crippen LogP contribution < -0.4 is 4.72 Å². The van der Waals surface area contributed by atoms with E-state index in [1.54, 1.807) is 12.1 Å². The van der Waals surface area contributed by atoms with Crippen molar-refractivity contribution < 1.29 is 13.2 Å². The van der Waals surface area contributed by atoms with Gasteiger partial charge in [-0.1, -0.05) is 24.3 Å². The summed E-state index contributed by atoms with van der Waals surface area (Å²) < 4.78 is 28.0. The maximum Gasteiger partial charge on any atom is 0.240 e. The Labute approximate surface area is 182 Å². The first kappa shape index (κ1) is 20.3. The first-order chi connectivity index (χ1) is 15.0. The van der Waals surface area contributed by atoms with Crippen molar-refractivity contribution in [1.82, 2.24) is 14.6 Å². The normalized spacial score (nSPS) is 16.2. The molecule has 7 heteroatoms. The molecule has 3 aromatic rings. The molecule has 1 aromatic heterocycles. The van der Waals surface area contributed by atoms with Crippen molar-refractivity contribution in [3.8, 4) is 0 Å². The van der Waals surface area contributed by atoms with Crippen molar-refractivity contribution in [1.29, 1.82) is 0 Å². The molecule has 0 spiro atoms. The molecule has 0 unspecified atom stereocenters. The van der Waals surface area contributed by atoms with Crippen LogP contribution in [0.15, 0.2) is 47.4 Å². The fourth-order valence-electron chi connectivity index (χ4n) is 4.79. The van der Waals surface area contributed by atoms with Crippen molar-refractivity contribution in [3.63, 3.8) is 0 Å². The molecule has 31 heavy (non-hydrogen) atoms. The highest BCUT2D eigenvalue weighted by Gasteiger charge is 2.24. The van der Waals surface area contributed by atoms with Crippen LogP contribution in [-0.2, 0) is 40.6 Å². The summed E-state index contributed by atoms with van der Waals surface area (Å²) >= 11 is 0. The molecular formula is C24H27N3O3S. The van der Waals surface area contributed by atoms with Gasteiger partial charge in [0.2, 0.25) is 15.9 Å². The minimum Gasteiger partial charge on any atom is -0.358 e. The lowest BCUT2D eigenvalue weighted by molar-refractivity contribution is -0.131. The van der Waals surface area contributed by atoms with E-state index in [0.717, 1.165) is 48.6 Å². The molecule has 0 radical (unpaired) electrons. The van der Waals surface area contributed by atoms with Gasteiger partial charge in [0.25, 0.3) is 0 Å². The van der Waals surface area contributed by atoms with Crippen molar-refractivity contribution in [3.05, 3.63) is 64.8 Å². The van der Waals surface area contributed by atoms with E-state index in [1.807, 2.05) is 23.1 Å². The molecular weight excluding hydrogens is 410 g/mol. The Morgan fingerprint density at radius 2 is 1.84 bits per heavy atom. The zero-order valence-corrected chi connectivity index (χ0v) is 18.3. The molecule has 0 saturated carbocycles. The van der Waals surface area contributed by atoms with Crippen LogP contribution in [0.25, 0.3) is 10.9 Å². The maximum absolute atomic E-state index is 12.8. The van der Waals surface area contributed by atoms with Crippen LogP contribution in [0.3, 0.4) is 0 Å². The predicted molar refractivity (Wildman–Crippen MR) is 120 cm³/mol. The number of para-hydroxylation sites is 1. The van der Waals surface area contributed by atoms with Gasteiger partial charge in [-0.15, -0.1) is 0 Å². The third kappa shape index (κ3) is 4.00. The Balaban J connectivity index is 1.21. The number of hydrogen-bond acceptors (Lipinski definition) is 3. The molecule has 2 aliphatic rings. The Morgan fingerprint density at radius 3 is 2.71 bits per heavy atom. The lowest BCUT2D eigenvalue weighted by Gasteiger charge is -2.27. The average Bonchev–Trinajstić information content (AvgIpc) is 3.16. The van der Waals surface area contributed by atoms with Crippen LogP contribution in [0.1, 0.15) is 41.6 Å². The Morgan fingerprint density at radius 1 is 1.03 bits per heavy atom. The zero-order valence-electron chi connectivity index (χ0n) is 17.5. The average molecular weight is 438 g/mol. The Bertz CT molecular complexity index is 1250. The van der Waals surface area contributed by atoms with E-state index < -0.39 is 10.0 Å². The second-order valence-corrected chi connectivity index (χ2v) is 10.2.